The van der Waals surface area contributed by atoms with Gasteiger partial charge in [0.15, 0.2) is 0 Å². The fraction of sp³-hybridized carbons (Fsp3) is 0.692. The third-order valence-electron chi connectivity index (χ3n) is 2.80. The summed E-state index contributed by atoms with van der Waals surface area (Å²) in [7, 11) is 0. The zero-order valence-corrected chi connectivity index (χ0v) is 11.7. The van der Waals surface area contributed by atoms with Gasteiger partial charge in [-0.3, -0.25) is 10.00 Å². The molecule has 18 heavy (non-hydrogen) atoms. The molecule has 1 aliphatic heterocycles. The number of aromatic nitrogens is 2. The minimum Gasteiger partial charge on any atom is -0.459 e. The van der Waals surface area contributed by atoms with Gasteiger partial charge in [-0.1, -0.05) is 0 Å². The van der Waals surface area contributed by atoms with Crippen LogP contribution in [0.15, 0.2) is 6.20 Å². The van der Waals surface area contributed by atoms with Gasteiger partial charge in [-0.15, -0.1) is 0 Å². The van der Waals surface area contributed by atoms with Gasteiger partial charge in [0.05, 0.1) is 5.69 Å². The van der Waals surface area contributed by atoms with E-state index in [-0.39, 0.29) is 12.0 Å². The van der Waals surface area contributed by atoms with Gasteiger partial charge in [-0.05, 0) is 34.6 Å². The molecule has 1 N–H and O–H groups in total. The van der Waals surface area contributed by atoms with Crippen LogP contribution < -0.4 is 5.32 Å². The van der Waals surface area contributed by atoms with Crippen LogP contribution in [0.4, 0.5) is 0 Å². The minimum atomic E-state index is -0.463. The molecule has 0 fully saturated rings. The van der Waals surface area contributed by atoms with Gasteiger partial charge >= 0.3 is 5.97 Å². The summed E-state index contributed by atoms with van der Waals surface area (Å²) in [5.41, 5.74) is 1.42. The van der Waals surface area contributed by atoms with Crippen molar-refractivity contribution in [3.8, 4) is 0 Å². The van der Waals surface area contributed by atoms with Crippen LogP contribution in [-0.4, -0.2) is 21.4 Å². The van der Waals surface area contributed by atoms with Gasteiger partial charge in [0, 0.05) is 24.3 Å². The number of rotatable bonds is 2. The Labute approximate surface area is 108 Å². The van der Waals surface area contributed by atoms with Crippen LogP contribution >= 0.6 is 0 Å². The second kappa shape index (κ2) is 4.39. The Morgan fingerprint density at radius 1 is 1.56 bits per heavy atom. The summed E-state index contributed by atoms with van der Waals surface area (Å²) in [6.07, 6.45) is 1.94. The van der Waals surface area contributed by atoms with Gasteiger partial charge < -0.3 is 4.74 Å². The highest BCUT2D eigenvalue weighted by Gasteiger charge is 2.34. The Bertz CT molecular complexity index is 457. The number of fused-ring (bicyclic) bond motifs is 1. The summed E-state index contributed by atoms with van der Waals surface area (Å²) in [6.45, 7) is 10.4. The van der Waals surface area contributed by atoms with E-state index in [9.17, 15) is 4.79 Å². The maximum Gasteiger partial charge on any atom is 0.328 e. The fourth-order valence-electron chi connectivity index (χ4n) is 1.97. The van der Waals surface area contributed by atoms with Crippen LogP contribution in [0.5, 0.6) is 0 Å². The van der Waals surface area contributed by atoms with E-state index in [4.69, 9.17) is 4.74 Å². The highest BCUT2D eigenvalue weighted by Crippen LogP contribution is 2.27. The van der Waals surface area contributed by atoms with E-state index in [2.05, 4.69) is 24.3 Å². The molecule has 2 heterocycles. The molecule has 1 aliphatic rings. The van der Waals surface area contributed by atoms with Crippen molar-refractivity contribution in [2.24, 2.45) is 0 Å². The molecule has 0 aliphatic carbocycles. The molecule has 1 unspecified atom stereocenters. The molecular weight excluding hydrogens is 230 g/mol. The quantitative estimate of drug-likeness (QED) is 0.816. The molecule has 0 bridgehead atoms. The molecular formula is C13H21N3O2. The van der Waals surface area contributed by atoms with Crippen LogP contribution in [0.25, 0.3) is 0 Å². The maximum absolute atomic E-state index is 12.1. The first-order valence-electron chi connectivity index (χ1n) is 6.32. The van der Waals surface area contributed by atoms with Gasteiger partial charge in [0.1, 0.15) is 11.6 Å². The highest BCUT2D eigenvalue weighted by molar-refractivity contribution is 5.79. The summed E-state index contributed by atoms with van der Waals surface area (Å²) in [6, 6.07) is -0.0818. The monoisotopic (exact) mass is 251 g/mol. The third-order valence-corrected chi connectivity index (χ3v) is 2.80. The Morgan fingerprint density at radius 2 is 2.22 bits per heavy atom. The second-order valence-corrected chi connectivity index (χ2v) is 5.95. The number of ether oxygens (including phenoxy) is 1. The smallest absolute Gasteiger partial charge is 0.328 e. The first-order valence-corrected chi connectivity index (χ1v) is 6.32. The first-order chi connectivity index (χ1) is 8.28. The topological polar surface area (TPSA) is 56.2 Å². The van der Waals surface area contributed by atoms with Crippen molar-refractivity contribution in [1.29, 1.82) is 0 Å². The van der Waals surface area contributed by atoms with Gasteiger partial charge in [-0.25, -0.2) is 4.79 Å². The molecule has 0 radical (unpaired) electrons. The lowest BCUT2D eigenvalue weighted by Crippen LogP contribution is -2.31. The number of esters is 1. The molecule has 1 atom stereocenters. The summed E-state index contributed by atoms with van der Waals surface area (Å²) in [5, 5.41) is 7.61. The fourth-order valence-corrected chi connectivity index (χ4v) is 1.97. The molecule has 0 aromatic carbocycles. The predicted molar refractivity (Wildman–Crippen MR) is 68.0 cm³/mol. The van der Waals surface area contributed by atoms with E-state index >= 15 is 0 Å². The van der Waals surface area contributed by atoms with E-state index < -0.39 is 5.60 Å². The average molecular weight is 251 g/mol. The minimum absolute atomic E-state index is 0.232. The predicted octanol–water partition coefficient (Wildman–Crippen LogP) is 1.95. The van der Waals surface area contributed by atoms with Crippen molar-refractivity contribution in [3.05, 3.63) is 17.5 Å². The number of carbonyl (C=O) groups excluding carboxylic acids is 1. The summed E-state index contributed by atoms with van der Waals surface area (Å²) in [4.78, 5) is 12.1. The van der Waals surface area contributed by atoms with Crippen molar-refractivity contribution in [3.63, 3.8) is 0 Å². The van der Waals surface area contributed by atoms with Crippen molar-refractivity contribution in [1.82, 2.24) is 15.1 Å². The molecule has 1 aromatic rings. The number of nitrogens with one attached hydrogen (secondary N) is 1. The van der Waals surface area contributed by atoms with Crippen molar-refractivity contribution in [2.45, 2.75) is 58.8 Å². The SMILES string of the molecule is CC(C)n1cc2c(n1)CNC2C(=O)OC(C)(C)C. The second-order valence-electron chi connectivity index (χ2n) is 5.95. The normalized spacial score (nSPS) is 19.1. The molecule has 2 rings (SSSR count). The summed E-state index contributed by atoms with van der Waals surface area (Å²) >= 11 is 0. The van der Waals surface area contributed by atoms with Crippen molar-refractivity contribution in [2.75, 3.05) is 0 Å². The van der Waals surface area contributed by atoms with E-state index in [0.717, 1.165) is 11.3 Å². The lowest BCUT2D eigenvalue weighted by Gasteiger charge is -2.22. The van der Waals surface area contributed by atoms with Crippen molar-refractivity contribution >= 4 is 5.97 Å². The van der Waals surface area contributed by atoms with Gasteiger partial charge in [-0.2, -0.15) is 5.10 Å². The zero-order chi connectivity index (χ0) is 13.5. The summed E-state index contributed by atoms with van der Waals surface area (Å²) in [5.74, 6) is -0.232. The number of hydrogen-bond donors (Lipinski definition) is 1. The maximum atomic E-state index is 12.1. The number of carbonyl (C=O) groups is 1. The lowest BCUT2D eigenvalue weighted by atomic mass is 10.1. The molecule has 0 saturated heterocycles. The van der Waals surface area contributed by atoms with Gasteiger partial charge in [0.2, 0.25) is 0 Å². The standard InChI is InChI=1S/C13H21N3O2/c1-8(2)16-7-9-10(15-16)6-14-11(9)12(17)18-13(3,4)5/h7-8,11,14H,6H2,1-5H3. The molecule has 5 heteroatoms. The van der Waals surface area contributed by atoms with E-state index in [0.29, 0.717) is 12.6 Å². The molecule has 0 amide bonds. The zero-order valence-electron chi connectivity index (χ0n) is 11.7. The average Bonchev–Trinajstić information content (AvgIpc) is 2.71. The molecule has 100 valence electrons. The van der Waals surface area contributed by atoms with E-state index in [1.807, 2.05) is 31.6 Å². The largest absolute Gasteiger partial charge is 0.459 e. The number of nitrogens with zero attached hydrogens (tertiary/aromatic N) is 2. The van der Waals surface area contributed by atoms with Crippen LogP contribution in [0, 0.1) is 0 Å². The molecule has 1 aromatic heterocycles. The first kappa shape index (κ1) is 13.1. The molecule has 0 spiro atoms. The Kier molecular flexibility index (Phi) is 3.19. The Morgan fingerprint density at radius 3 is 2.78 bits per heavy atom. The molecule has 0 saturated carbocycles. The van der Waals surface area contributed by atoms with Crippen LogP contribution in [0.2, 0.25) is 0 Å². The molecule has 5 nitrogen and oxygen atoms in total. The van der Waals surface area contributed by atoms with Crippen LogP contribution in [0.3, 0.4) is 0 Å². The highest BCUT2D eigenvalue weighted by atomic mass is 16.6. The lowest BCUT2D eigenvalue weighted by molar-refractivity contribution is -0.157. The number of hydrogen-bond acceptors (Lipinski definition) is 4. The van der Waals surface area contributed by atoms with Crippen LogP contribution in [0.1, 0.15) is 58.0 Å². The Hall–Kier alpha value is -1.36. The van der Waals surface area contributed by atoms with E-state index in [1.54, 1.807) is 0 Å². The van der Waals surface area contributed by atoms with Crippen LogP contribution in [-0.2, 0) is 16.1 Å². The van der Waals surface area contributed by atoms with Crippen molar-refractivity contribution < 1.29 is 9.53 Å². The van der Waals surface area contributed by atoms with Gasteiger partial charge in [0.25, 0.3) is 0 Å². The van der Waals surface area contributed by atoms with E-state index in [1.165, 1.54) is 0 Å². The third kappa shape index (κ3) is 2.56. The Balaban J connectivity index is 2.18. The summed E-state index contributed by atoms with van der Waals surface area (Å²) < 4.78 is 7.30.